The van der Waals surface area contributed by atoms with Crippen molar-refractivity contribution in [2.45, 2.75) is 13.3 Å². The van der Waals surface area contributed by atoms with Gasteiger partial charge in [0.25, 0.3) is 0 Å². The first-order valence-corrected chi connectivity index (χ1v) is 2.63. The Morgan fingerprint density at radius 1 is 1.75 bits per heavy atom. The van der Waals surface area contributed by atoms with E-state index in [0.717, 1.165) is 0 Å². The van der Waals surface area contributed by atoms with E-state index in [1.165, 1.54) is 6.08 Å². The summed E-state index contributed by atoms with van der Waals surface area (Å²) < 4.78 is 0. The van der Waals surface area contributed by atoms with Crippen LogP contribution >= 0.6 is 0 Å². The van der Waals surface area contributed by atoms with Crippen molar-refractivity contribution in [2.24, 2.45) is 0 Å². The Morgan fingerprint density at radius 3 is 2.75 bits per heavy atom. The summed E-state index contributed by atoms with van der Waals surface area (Å²) in [6.07, 6.45) is 5.33. The lowest BCUT2D eigenvalue weighted by molar-refractivity contribution is -0.114. The van der Waals surface area contributed by atoms with E-state index in [0.29, 0.717) is 6.42 Å². The maximum Gasteiger partial charge on any atom is 0.155 e. The summed E-state index contributed by atoms with van der Waals surface area (Å²) in [6.45, 7) is 5.26. The molecule has 0 saturated carbocycles. The number of rotatable bonds is 3. The van der Waals surface area contributed by atoms with Crippen molar-refractivity contribution in [3.63, 3.8) is 0 Å². The maximum absolute atomic E-state index is 10.4. The lowest BCUT2D eigenvalue weighted by Gasteiger charge is -1.79. The third-order valence-electron chi connectivity index (χ3n) is 0.767. The summed E-state index contributed by atoms with van der Waals surface area (Å²) in [7, 11) is 0. The summed E-state index contributed by atoms with van der Waals surface area (Å²) in [5.41, 5.74) is 0. The molecule has 1 nitrogen and oxygen atoms in total. The number of allylic oxidation sites excluding steroid dienone is 3. The normalized spacial score (nSPS) is 9.62. The van der Waals surface area contributed by atoms with Gasteiger partial charge in [-0.25, -0.2) is 0 Å². The van der Waals surface area contributed by atoms with E-state index in [2.05, 4.69) is 6.58 Å². The third-order valence-corrected chi connectivity index (χ3v) is 0.767. The van der Waals surface area contributed by atoms with Gasteiger partial charge in [0.2, 0.25) is 0 Å². The molecule has 0 aliphatic heterocycles. The standard InChI is InChI=1S/C7H10O/c1-3-5-6-7(8)4-2/h3,5-6H,1,4H2,2H3. The molecule has 0 N–H and O–H groups in total. The van der Waals surface area contributed by atoms with Crippen LogP contribution in [0.2, 0.25) is 0 Å². The summed E-state index contributed by atoms with van der Waals surface area (Å²) in [6, 6.07) is 0. The molecule has 0 amide bonds. The van der Waals surface area contributed by atoms with E-state index in [1.54, 1.807) is 12.2 Å². The Balaban J connectivity index is 3.52. The van der Waals surface area contributed by atoms with Crippen LogP contribution in [0, 0.1) is 0 Å². The Bertz CT molecular complexity index is 112. The molecule has 0 radical (unpaired) electrons. The zero-order valence-corrected chi connectivity index (χ0v) is 5.05. The smallest absolute Gasteiger partial charge is 0.155 e. The second kappa shape index (κ2) is 4.31. The Morgan fingerprint density at radius 2 is 2.38 bits per heavy atom. The van der Waals surface area contributed by atoms with Gasteiger partial charge in [0.05, 0.1) is 0 Å². The molecular weight excluding hydrogens is 100 g/mol. The van der Waals surface area contributed by atoms with Gasteiger partial charge in [-0.3, -0.25) is 4.79 Å². The van der Waals surface area contributed by atoms with Gasteiger partial charge in [-0.1, -0.05) is 25.7 Å². The van der Waals surface area contributed by atoms with Crippen LogP contribution in [-0.4, -0.2) is 5.78 Å². The summed E-state index contributed by atoms with van der Waals surface area (Å²) >= 11 is 0. The van der Waals surface area contributed by atoms with E-state index in [9.17, 15) is 4.79 Å². The molecule has 0 fully saturated rings. The van der Waals surface area contributed by atoms with Crippen molar-refractivity contribution >= 4 is 5.78 Å². The van der Waals surface area contributed by atoms with Gasteiger partial charge in [-0.15, -0.1) is 0 Å². The van der Waals surface area contributed by atoms with Gasteiger partial charge in [0.15, 0.2) is 5.78 Å². The first-order valence-electron chi connectivity index (χ1n) is 2.63. The highest BCUT2D eigenvalue weighted by Crippen LogP contribution is 1.82. The topological polar surface area (TPSA) is 17.1 Å². The molecule has 0 bridgehead atoms. The molecule has 8 heavy (non-hydrogen) atoms. The van der Waals surface area contributed by atoms with Crippen LogP contribution in [0.5, 0.6) is 0 Å². The molecule has 0 aromatic rings. The molecule has 0 unspecified atom stereocenters. The average Bonchev–Trinajstić information content (AvgIpc) is 1.83. The van der Waals surface area contributed by atoms with Crippen LogP contribution in [0.4, 0.5) is 0 Å². The van der Waals surface area contributed by atoms with E-state index < -0.39 is 0 Å². The molecule has 0 spiro atoms. The number of carbonyl (C=O) groups excluding carboxylic acids is 1. The molecule has 0 saturated heterocycles. The fourth-order valence-electron chi connectivity index (χ4n) is 0.293. The van der Waals surface area contributed by atoms with Gasteiger partial charge in [0.1, 0.15) is 0 Å². The van der Waals surface area contributed by atoms with Crippen molar-refractivity contribution in [2.75, 3.05) is 0 Å². The Labute approximate surface area is 49.7 Å². The molecule has 0 atom stereocenters. The molecule has 0 aromatic heterocycles. The predicted molar refractivity (Wildman–Crippen MR) is 34.6 cm³/mol. The maximum atomic E-state index is 10.4. The first-order chi connectivity index (χ1) is 3.81. The summed E-state index contributed by atoms with van der Waals surface area (Å²) in [5, 5.41) is 0. The molecule has 0 aromatic carbocycles. The second-order valence-corrected chi connectivity index (χ2v) is 1.41. The van der Waals surface area contributed by atoms with Crippen molar-refractivity contribution in [1.82, 2.24) is 0 Å². The molecule has 44 valence electrons. The largest absolute Gasteiger partial charge is 0.295 e. The SMILES string of the molecule is C=CC=CC(=O)CC. The van der Waals surface area contributed by atoms with Crippen molar-refractivity contribution in [3.05, 3.63) is 24.8 Å². The van der Waals surface area contributed by atoms with E-state index in [4.69, 9.17) is 0 Å². The lowest BCUT2D eigenvalue weighted by Crippen LogP contribution is -1.85. The van der Waals surface area contributed by atoms with Crippen molar-refractivity contribution in [3.8, 4) is 0 Å². The third kappa shape index (κ3) is 3.34. The Hall–Kier alpha value is -0.850. The highest BCUT2D eigenvalue weighted by molar-refractivity contribution is 5.89. The van der Waals surface area contributed by atoms with E-state index in [1.807, 2.05) is 6.92 Å². The van der Waals surface area contributed by atoms with Crippen LogP contribution in [-0.2, 0) is 4.79 Å². The minimum Gasteiger partial charge on any atom is -0.295 e. The highest BCUT2D eigenvalue weighted by Gasteiger charge is 1.84. The van der Waals surface area contributed by atoms with Crippen molar-refractivity contribution in [1.29, 1.82) is 0 Å². The molecule has 0 aliphatic carbocycles. The number of hydrogen-bond donors (Lipinski definition) is 0. The number of ketones is 1. The quantitative estimate of drug-likeness (QED) is 0.399. The average molecular weight is 110 g/mol. The molecule has 1 heteroatoms. The zero-order valence-electron chi connectivity index (χ0n) is 5.05. The Kier molecular flexibility index (Phi) is 3.85. The van der Waals surface area contributed by atoms with Gasteiger partial charge < -0.3 is 0 Å². The van der Waals surface area contributed by atoms with Crippen LogP contribution in [0.15, 0.2) is 24.8 Å². The van der Waals surface area contributed by atoms with Gasteiger partial charge in [0, 0.05) is 6.42 Å². The molecule has 0 aliphatic rings. The van der Waals surface area contributed by atoms with Gasteiger partial charge in [-0.2, -0.15) is 0 Å². The fourth-order valence-corrected chi connectivity index (χ4v) is 0.293. The zero-order chi connectivity index (χ0) is 6.41. The summed E-state index contributed by atoms with van der Waals surface area (Å²) in [4.78, 5) is 10.4. The number of hydrogen-bond acceptors (Lipinski definition) is 1. The van der Waals surface area contributed by atoms with Crippen molar-refractivity contribution < 1.29 is 4.79 Å². The predicted octanol–water partition coefficient (Wildman–Crippen LogP) is 1.71. The molecular formula is C7H10O. The van der Waals surface area contributed by atoms with Gasteiger partial charge >= 0.3 is 0 Å². The van der Waals surface area contributed by atoms with Crippen LogP contribution in [0.3, 0.4) is 0 Å². The van der Waals surface area contributed by atoms with E-state index >= 15 is 0 Å². The molecule has 0 rings (SSSR count). The van der Waals surface area contributed by atoms with E-state index in [-0.39, 0.29) is 5.78 Å². The second-order valence-electron chi connectivity index (χ2n) is 1.41. The van der Waals surface area contributed by atoms with Crippen LogP contribution in [0.1, 0.15) is 13.3 Å². The van der Waals surface area contributed by atoms with Crippen LogP contribution < -0.4 is 0 Å². The number of carbonyl (C=O) groups is 1. The monoisotopic (exact) mass is 110 g/mol. The lowest BCUT2D eigenvalue weighted by atomic mass is 10.3. The minimum absolute atomic E-state index is 0.143. The van der Waals surface area contributed by atoms with Crippen LogP contribution in [0.25, 0.3) is 0 Å². The van der Waals surface area contributed by atoms with Gasteiger partial charge in [-0.05, 0) is 6.08 Å². The fraction of sp³-hybridized carbons (Fsp3) is 0.286. The minimum atomic E-state index is 0.143. The summed E-state index contributed by atoms with van der Waals surface area (Å²) in [5.74, 6) is 0.143. The first kappa shape index (κ1) is 7.15. The molecule has 0 heterocycles. The highest BCUT2D eigenvalue weighted by atomic mass is 16.1.